The van der Waals surface area contributed by atoms with E-state index < -0.39 is 14.9 Å². The largest absolute Gasteiger partial charge is 0.388 e. The zero-order chi connectivity index (χ0) is 10.5. The van der Waals surface area contributed by atoms with E-state index in [2.05, 4.69) is 19.6 Å². The average molecular weight is 242 g/mol. The van der Waals surface area contributed by atoms with Gasteiger partial charge in [0.25, 0.3) is 0 Å². The van der Waals surface area contributed by atoms with Crippen molar-refractivity contribution in [2.75, 3.05) is 19.1 Å². The lowest BCUT2D eigenvalue weighted by Crippen LogP contribution is -2.23. The maximum absolute atomic E-state index is 11.8. The van der Waals surface area contributed by atoms with E-state index in [9.17, 15) is 4.57 Å². The predicted molar refractivity (Wildman–Crippen MR) is 62.0 cm³/mol. The lowest BCUT2D eigenvalue weighted by Gasteiger charge is -2.19. The van der Waals surface area contributed by atoms with Crippen molar-refractivity contribution >= 4 is 26.3 Å². The first kappa shape index (κ1) is 13.7. The van der Waals surface area contributed by atoms with Crippen molar-refractivity contribution in [2.45, 2.75) is 26.6 Å². The molecule has 0 aliphatic carbocycles. The Morgan fingerprint density at radius 3 is 2.23 bits per heavy atom. The third kappa shape index (κ3) is 6.74. The predicted octanol–water partition coefficient (Wildman–Crippen LogP) is 3.39. The van der Waals surface area contributed by atoms with Crippen LogP contribution < -0.4 is 0 Å². The second-order valence-corrected chi connectivity index (χ2v) is 14.0. The fraction of sp³-hybridized carbons (Fsp3) is 1.00. The Hall–Kier alpha value is 0.717. The molecule has 0 radical (unpaired) electrons. The Labute approximate surface area is 85.9 Å². The standard InChI is InChI=1S/C7H19O3PSSi/c1-6-10-11(8,9-2)12-7-13(3,4)5/h6-7H2,1-5H3. The Morgan fingerprint density at radius 2 is 1.92 bits per heavy atom. The Kier molecular flexibility index (Phi) is 5.87. The summed E-state index contributed by atoms with van der Waals surface area (Å²) in [5.41, 5.74) is 0. The topological polar surface area (TPSA) is 35.5 Å². The van der Waals surface area contributed by atoms with E-state index in [0.29, 0.717) is 6.61 Å². The van der Waals surface area contributed by atoms with Gasteiger partial charge in [0.2, 0.25) is 0 Å². The van der Waals surface area contributed by atoms with Gasteiger partial charge in [-0.15, -0.1) is 0 Å². The molecule has 0 rings (SSSR count). The Morgan fingerprint density at radius 1 is 1.38 bits per heavy atom. The number of rotatable bonds is 6. The smallest absolute Gasteiger partial charge is 0.304 e. The summed E-state index contributed by atoms with van der Waals surface area (Å²) < 4.78 is 21.8. The van der Waals surface area contributed by atoms with Gasteiger partial charge in [-0.05, 0) is 23.7 Å². The summed E-state index contributed by atoms with van der Waals surface area (Å²) in [4.78, 5) is 0. The van der Waals surface area contributed by atoms with Crippen LogP contribution in [0.1, 0.15) is 6.92 Å². The molecule has 13 heavy (non-hydrogen) atoms. The fourth-order valence-corrected chi connectivity index (χ4v) is 9.12. The SMILES string of the molecule is CCOP(=O)(OC)SC[Si](C)(C)C. The van der Waals surface area contributed by atoms with Crippen LogP contribution in [-0.4, -0.2) is 27.2 Å². The van der Waals surface area contributed by atoms with Crippen molar-refractivity contribution in [1.29, 1.82) is 0 Å². The third-order valence-electron chi connectivity index (χ3n) is 1.17. The first-order chi connectivity index (χ1) is 5.83. The van der Waals surface area contributed by atoms with Gasteiger partial charge in [0.05, 0.1) is 14.7 Å². The molecule has 0 heterocycles. The lowest BCUT2D eigenvalue weighted by atomic mass is 10.9. The van der Waals surface area contributed by atoms with Crippen molar-refractivity contribution in [3.8, 4) is 0 Å². The minimum atomic E-state index is -2.85. The van der Waals surface area contributed by atoms with Crippen LogP contribution in [0.15, 0.2) is 0 Å². The van der Waals surface area contributed by atoms with E-state index >= 15 is 0 Å². The van der Waals surface area contributed by atoms with Crippen LogP contribution in [0.2, 0.25) is 19.6 Å². The zero-order valence-electron chi connectivity index (χ0n) is 8.99. The number of hydrogen-bond donors (Lipinski definition) is 0. The third-order valence-corrected chi connectivity index (χ3v) is 9.36. The molecule has 0 amide bonds. The van der Waals surface area contributed by atoms with Gasteiger partial charge in [-0.25, -0.2) is 4.57 Å². The first-order valence-corrected chi connectivity index (χ1v) is 11.1. The first-order valence-electron chi connectivity index (χ1n) is 4.28. The van der Waals surface area contributed by atoms with E-state index in [1.807, 2.05) is 6.92 Å². The van der Waals surface area contributed by atoms with Crippen molar-refractivity contribution in [3.63, 3.8) is 0 Å². The highest BCUT2D eigenvalue weighted by atomic mass is 32.7. The van der Waals surface area contributed by atoms with Crippen LogP contribution in [0.3, 0.4) is 0 Å². The van der Waals surface area contributed by atoms with Gasteiger partial charge in [0, 0.05) is 7.11 Å². The van der Waals surface area contributed by atoms with Crippen LogP contribution in [0.25, 0.3) is 0 Å². The highest BCUT2D eigenvalue weighted by molar-refractivity contribution is 8.55. The van der Waals surface area contributed by atoms with Crippen LogP contribution in [-0.2, 0) is 13.6 Å². The van der Waals surface area contributed by atoms with Crippen molar-refractivity contribution in [1.82, 2.24) is 0 Å². The fourth-order valence-electron chi connectivity index (χ4n) is 0.573. The summed E-state index contributed by atoms with van der Waals surface area (Å²) in [5.74, 6) is 0. The summed E-state index contributed by atoms with van der Waals surface area (Å²) in [6.07, 6.45) is 0. The van der Waals surface area contributed by atoms with Crippen molar-refractivity contribution < 1.29 is 13.6 Å². The van der Waals surface area contributed by atoms with E-state index in [1.54, 1.807) is 0 Å². The van der Waals surface area contributed by atoms with E-state index in [0.717, 1.165) is 5.38 Å². The molecule has 0 aliphatic rings. The summed E-state index contributed by atoms with van der Waals surface area (Å²) in [5, 5.41) is 0.901. The van der Waals surface area contributed by atoms with Crippen molar-refractivity contribution in [3.05, 3.63) is 0 Å². The zero-order valence-corrected chi connectivity index (χ0v) is 11.7. The molecule has 0 fully saturated rings. The Bertz CT molecular complexity index is 193. The van der Waals surface area contributed by atoms with Gasteiger partial charge in [-0.1, -0.05) is 19.6 Å². The van der Waals surface area contributed by atoms with Gasteiger partial charge in [-0.2, -0.15) is 0 Å². The van der Waals surface area contributed by atoms with E-state index in [-0.39, 0.29) is 0 Å². The van der Waals surface area contributed by atoms with Gasteiger partial charge in [-0.3, -0.25) is 0 Å². The molecule has 0 aromatic rings. The summed E-state index contributed by atoms with van der Waals surface area (Å²) in [6, 6.07) is 0. The molecule has 0 bridgehead atoms. The molecule has 0 N–H and O–H groups in total. The molecule has 80 valence electrons. The number of hydrogen-bond acceptors (Lipinski definition) is 4. The molecule has 0 aromatic carbocycles. The van der Waals surface area contributed by atoms with Crippen LogP contribution in [0.5, 0.6) is 0 Å². The molecule has 1 atom stereocenters. The lowest BCUT2D eigenvalue weighted by molar-refractivity contribution is 0.262. The molecule has 0 saturated carbocycles. The summed E-state index contributed by atoms with van der Waals surface area (Å²) in [7, 11) is 0.257. The highest BCUT2D eigenvalue weighted by Crippen LogP contribution is 2.60. The minimum Gasteiger partial charge on any atom is -0.304 e. The molecule has 3 nitrogen and oxygen atoms in total. The summed E-state index contributed by atoms with van der Waals surface area (Å²) >= 11 is 1.33. The quantitative estimate of drug-likeness (QED) is 0.528. The van der Waals surface area contributed by atoms with Crippen LogP contribution in [0.4, 0.5) is 0 Å². The molecule has 0 spiro atoms. The normalized spacial score (nSPS) is 17.0. The van der Waals surface area contributed by atoms with Crippen LogP contribution in [0, 0.1) is 0 Å². The molecule has 1 unspecified atom stereocenters. The molecule has 0 aliphatic heterocycles. The maximum Gasteiger partial charge on any atom is 0.388 e. The summed E-state index contributed by atoms with van der Waals surface area (Å²) in [6.45, 7) is 6.09. The van der Waals surface area contributed by atoms with Crippen molar-refractivity contribution in [2.24, 2.45) is 0 Å². The van der Waals surface area contributed by atoms with E-state index in [4.69, 9.17) is 9.05 Å². The molecule has 0 saturated heterocycles. The average Bonchev–Trinajstić information content (AvgIpc) is 2.01. The monoisotopic (exact) mass is 242 g/mol. The minimum absolute atomic E-state index is 0.434. The molecule has 6 heteroatoms. The van der Waals surface area contributed by atoms with E-state index in [1.165, 1.54) is 18.5 Å². The molecular formula is C7H19O3PSSi. The van der Waals surface area contributed by atoms with Gasteiger partial charge >= 0.3 is 6.80 Å². The van der Waals surface area contributed by atoms with Gasteiger partial charge < -0.3 is 9.05 Å². The van der Waals surface area contributed by atoms with Crippen LogP contribution >= 0.6 is 18.2 Å². The molecular weight excluding hydrogens is 223 g/mol. The van der Waals surface area contributed by atoms with Gasteiger partial charge in [0.15, 0.2) is 0 Å². The molecule has 0 aromatic heterocycles. The van der Waals surface area contributed by atoms with Gasteiger partial charge in [0.1, 0.15) is 0 Å². The highest BCUT2D eigenvalue weighted by Gasteiger charge is 2.26. The Balaban J connectivity index is 4.06. The second kappa shape index (κ2) is 5.56. The maximum atomic E-state index is 11.8. The second-order valence-electron chi connectivity index (χ2n) is 3.88.